The molecule has 0 spiro atoms. The first kappa shape index (κ1) is 32.0. The molecule has 0 radical (unpaired) electrons. The summed E-state index contributed by atoms with van der Waals surface area (Å²) in [5.41, 5.74) is 2.18. The van der Waals surface area contributed by atoms with Gasteiger partial charge >= 0.3 is 7.60 Å². The predicted molar refractivity (Wildman–Crippen MR) is 203 cm³/mol. The van der Waals surface area contributed by atoms with Crippen molar-refractivity contribution in [2.75, 3.05) is 17.6 Å². The van der Waals surface area contributed by atoms with Crippen molar-refractivity contribution in [3.63, 3.8) is 0 Å². The summed E-state index contributed by atoms with van der Waals surface area (Å²) in [5, 5.41) is 7.70. The van der Waals surface area contributed by atoms with Gasteiger partial charge in [-0.25, -0.2) is 0 Å². The number of rotatable bonds is 10. The molecular formula is C39H34NO3P3S. The molecule has 1 aliphatic rings. The molecule has 0 unspecified atom stereocenters. The molecular weight excluding hydrogens is 655 g/mol. The first-order valence-corrected chi connectivity index (χ1v) is 20.8. The van der Waals surface area contributed by atoms with Gasteiger partial charge in [0.1, 0.15) is 0 Å². The van der Waals surface area contributed by atoms with Crippen molar-refractivity contribution < 1.29 is 14.4 Å². The third kappa shape index (κ3) is 7.03. The molecule has 6 aromatic rings. The Morgan fingerprint density at radius 1 is 0.511 bits per heavy atom. The molecule has 0 aliphatic carbocycles. The van der Waals surface area contributed by atoms with Gasteiger partial charge in [0.2, 0.25) is 0 Å². The summed E-state index contributed by atoms with van der Waals surface area (Å²) in [5.74, 6) is 0. The molecule has 47 heavy (non-hydrogen) atoms. The highest BCUT2D eigenvalue weighted by Crippen LogP contribution is 2.53. The van der Waals surface area contributed by atoms with Crippen LogP contribution >= 0.6 is 35.2 Å². The molecule has 234 valence electrons. The lowest BCUT2D eigenvalue weighted by Crippen LogP contribution is -2.30. The minimum atomic E-state index is -4.14. The normalized spacial score (nSPS) is 12.6. The van der Waals surface area contributed by atoms with Gasteiger partial charge < -0.3 is 14.7 Å². The van der Waals surface area contributed by atoms with Gasteiger partial charge in [0, 0.05) is 26.9 Å². The van der Waals surface area contributed by atoms with Gasteiger partial charge in [0.05, 0.1) is 17.5 Å². The molecule has 2 N–H and O–H groups in total. The van der Waals surface area contributed by atoms with E-state index in [-0.39, 0.29) is 6.16 Å². The van der Waals surface area contributed by atoms with Crippen LogP contribution < -0.4 is 36.7 Å². The largest absolute Gasteiger partial charge is 0.340 e. The zero-order valence-corrected chi connectivity index (χ0v) is 29.1. The number of nitrogens with zero attached hydrogens (tertiary/aromatic N) is 1. The molecule has 4 nitrogen and oxygen atoms in total. The van der Waals surface area contributed by atoms with Gasteiger partial charge in [-0.2, -0.15) is 0 Å². The summed E-state index contributed by atoms with van der Waals surface area (Å²) >= 11 is 1.85. The topological polar surface area (TPSA) is 60.8 Å². The third-order valence-corrected chi connectivity index (χ3v) is 15.5. The lowest BCUT2D eigenvalue weighted by atomic mass is 10.2. The van der Waals surface area contributed by atoms with Crippen LogP contribution in [0.1, 0.15) is 6.42 Å². The van der Waals surface area contributed by atoms with Crippen LogP contribution in [0.25, 0.3) is 0 Å². The summed E-state index contributed by atoms with van der Waals surface area (Å²) in [7, 11) is -5.90. The Labute approximate surface area is 283 Å². The molecule has 1 aliphatic heterocycles. The molecule has 0 fully saturated rings. The first-order valence-electron chi connectivity index (χ1n) is 15.5. The summed E-state index contributed by atoms with van der Waals surface area (Å²) in [6, 6.07) is 56.2. The summed E-state index contributed by atoms with van der Waals surface area (Å²) < 4.78 is 12.0. The summed E-state index contributed by atoms with van der Waals surface area (Å²) in [6.45, 7) is 0.502. The average Bonchev–Trinajstić information content (AvgIpc) is 3.10. The monoisotopic (exact) mass is 689 g/mol. The highest BCUT2D eigenvalue weighted by molar-refractivity contribution is 8.01. The average molecular weight is 690 g/mol. The first-order chi connectivity index (χ1) is 23.0. The van der Waals surface area contributed by atoms with E-state index in [9.17, 15) is 14.4 Å². The van der Waals surface area contributed by atoms with Crippen LogP contribution in [0.2, 0.25) is 0 Å². The maximum atomic E-state index is 12.0. The van der Waals surface area contributed by atoms with Crippen LogP contribution in [-0.2, 0) is 4.57 Å². The van der Waals surface area contributed by atoms with E-state index in [0.29, 0.717) is 13.0 Å². The fourth-order valence-electron chi connectivity index (χ4n) is 6.08. The van der Waals surface area contributed by atoms with E-state index in [1.54, 1.807) is 0 Å². The molecule has 1 heterocycles. The highest BCUT2D eigenvalue weighted by Gasteiger charge is 2.32. The van der Waals surface area contributed by atoms with Gasteiger partial charge in [-0.3, -0.25) is 4.57 Å². The second-order valence-electron chi connectivity index (χ2n) is 11.3. The Hall–Kier alpha value is -3.52. The SMILES string of the molecule is O=P(O)(O)CCCN1c2cccc(P(c3ccccc3)c3ccccc3)c2Sc2c1cccc2P(c1ccccc1)c1ccccc1. The molecule has 0 atom stereocenters. The second kappa shape index (κ2) is 14.3. The van der Waals surface area contributed by atoms with E-state index >= 15 is 0 Å². The van der Waals surface area contributed by atoms with Crippen LogP contribution in [0, 0.1) is 0 Å². The lowest BCUT2D eigenvalue weighted by Gasteiger charge is -2.37. The number of hydrogen-bond acceptors (Lipinski definition) is 3. The number of fused-ring (bicyclic) bond motifs is 2. The van der Waals surface area contributed by atoms with E-state index in [4.69, 9.17) is 0 Å². The Morgan fingerprint density at radius 3 is 1.21 bits per heavy atom. The third-order valence-electron chi connectivity index (χ3n) is 8.10. The molecule has 7 rings (SSSR count). The van der Waals surface area contributed by atoms with Gasteiger partial charge in [-0.15, -0.1) is 0 Å². The van der Waals surface area contributed by atoms with E-state index in [1.807, 2.05) is 11.8 Å². The van der Waals surface area contributed by atoms with Crippen molar-refractivity contribution in [1.29, 1.82) is 0 Å². The van der Waals surface area contributed by atoms with E-state index in [0.717, 1.165) is 11.4 Å². The molecule has 0 saturated heterocycles. The number of benzene rings is 6. The predicted octanol–water partition coefficient (Wildman–Crippen LogP) is 7.37. The van der Waals surface area contributed by atoms with Gasteiger partial charge in [-0.05, 0) is 55.6 Å². The van der Waals surface area contributed by atoms with Crippen LogP contribution in [0.15, 0.2) is 168 Å². The van der Waals surface area contributed by atoms with Crippen molar-refractivity contribution in [3.8, 4) is 0 Å². The standard InChI is InChI=1S/C39H34NO3P3S/c41-46(42,43)29-15-28-40-34-24-13-26-36(44(30-16-5-1-6-17-30)31-18-7-2-8-19-31)38(34)47-39-35(40)25-14-27-37(39)45(32-20-9-3-10-21-32)33-22-11-4-12-23-33/h1-14,16-27H,15,28-29H2,(H2,41,42,43). The van der Waals surface area contributed by atoms with Crippen molar-refractivity contribution in [3.05, 3.63) is 158 Å². The van der Waals surface area contributed by atoms with E-state index in [1.165, 1.54) is 41.6 Å². The highest BCUT2D eigenvalue weighted by atomic mass is 32.2. The molecule has 0 amide bonds. The van der Waals surface area contributed by atoms with Crippen molar-refractivity contribution in [2.24, 2.45) is 0 Å². The fraction of sp³-hybridized carbons (Fsp3) is 0.0769. The lowest BCUT2D eigenvalue weighted by molar-refractivity contribution is 0.372. The quantitative estimate of drug-likeness (QED) is 0.147. The maximum Gasteiger partial charge on any atom is 0.325 e. The van der Waals surface area contributed by atoms with Gasteiger partial charge in [0.15, 0.2) is 0 Å². The van der Waals surface area contributed by atoms with E-state index < -0.39 is 23.4 Å². The Morgan fingerprint density at radius 2 is 0.872 bits per heavy atom. The van der Waals surface area contributed by atoms with Gasteiger partial charge in [-0.1, -0.05) is 157 Å². The van der Waals surface area contributed by atoms with Crippen LogP contribution in [0.5, 0.6) is 0 Å². The number of anilines is 2. The maximum absolute atomic E-state index is 12.0. The number of hydrogen-bond donors (Lipinski definition) is 2. The summed E-state index contributed by atoms with van der Waals surface area (Å²) in [4.78, 5) is 24.3. The van der Waals surface area contributed by atoms with Crippen molar-refractivity contribution in [2.45, 2.75) is 16.2 Å². The molecule has 0 bridgehead atoms. The zero-order chi connectivity index (χ0) is 32.2. The molecule has 0 saturated carbocycles. The van der Waals surface area contributed by atoms with Gasteiger partial charge in [0.25, 0.3) is 0 Å². The second-order valence-corrected chi connectivity index (χ2v) is 18.4. The molecule has 6 aromatic carbocycles. The minimum absolute atomic E-state index is 0.151. The van der Waals surface area contributed by atoms with Crippen molar-refractivity contribution >= 4 is 78.4 Å². The zero-order valence-electron chi connectivity index (χ0n) is 25.6. The van der Waals surface area contributed by atoms with Crippen LogP contribution in [0.3, 0.4) is 0 Å². The summed E-state index contributed by atoms with van der Waals surface area (Å²) in [6.07, 6.45) is 0.225. The Kier molecular flexibility index (Phi) is 9.75. The smallest absolute Gasteiger partial charge is 0.325 e. The minimum Gasteiger partial charge on any atom is -0.340 e. The van der Waals surface area contributed by atoms with E-state index in [2.05, 4.69) is 163 Å². The van der Waals surface area contributed by atoms with Crippen molar-refractivity contribution in [1.82, 2.24) is 0 Å². The van der Waals surface area contributed by atoms with Crippen LogP contribution in [-0.4, -0.2) is 22.5 Å². The Bertz CT molecular complexity index is 1800. The molecule has 8 heteroatoms. The molecule has 0 aromatic heterocycles. The Balaban J connectivity index is 1.44. The fourth-order valence-corrected chi connectivity index (χ4v) is 13.3. The van der Waals surface area contributed by atoms with Crippen LogP contribution in [0.4, 0.5) is 11.4 Å².